The van der Waals surface area contributed by atoms with E-state index in [1.807, 2.05) is 24.4 Å². The number of hydrogen-bond acceptors (Lipinski definition) is 6. The van der Waals surface area contributed by atoms with Crippen LogP contribution in [0.1, 0.15) is 5.56 Å². The minimum Gasteiger partial charge on any atom is -0.493 e. The Morgan fingerprint density at radius 2 is 2.23 bits per heavy atom. The number of ether oxygens (including phenoxy) is 2. The van der Waals surface area contributed by atoms with Crippen molar-refractivity contribution in [2.24, 2.45) is 0 Å². The molecular weight excluding hydrogens is 372 g/mol. The van der Waals surface area contributed by atoms with Gasteiger partial charge in [0.05, 0.1) is 26.1 Å². The van der Waals surface area contributed by atoms with Crippen LogP contribution in [0.5, 0.6) is 11.5 Å². The predicted molar refractivity (Wildman–Crippen MR) is 106 cm³/mol. The number of methoxy groups -OCH3 is 2. The summed E-state index contributed by atoms with van der Waals surface area (Å²) in [6, 6.07) is 5.56. The van der Waals surface area contributed by atoms with Gasteiger partial charge in [-0.25, -0.2) is 0 Å². The Bertz CT molecular complexity index is 809. The van der Waals surface area contributed by atoms with E-state index in [1.165, 1.54) is 11.8 Å². The molecule has 2 aromatic rings. The maximum Gasteiger partial charge on any atom is 0.247 e. The Morgan fingerprint density at radius 3 is 2.92 bits per heavy atom. The summed E-state index contributed by atoms with van der Waals surface area (Å²) in [5.74, 6) is 1.96. The molecule has 1 fully saturated rings. The van der Waals surface area contributed by atoms with Crippen molar-refractivity contribution in [1.82, 2.24) is 15.1 Å². The van der Waals surface area contributed by atoms with E-state index in [4.69, 9.17) is 21.7 Å². The quantitative estimate of drug-likeness (QED) is 0.699. The van der Waals surface area contributed by atoms with E-state index in [2.05, 4.69) is 15.7 Å². The number of carbonyl (C=O) groups is 1. The standard InChI is InChI=1S/C17H20N4O3S2/c1-23-14-4-3-11(7-15(14)24-2)5-6-21-9-12(8-18-21)19-16(22)13-10-26-17(25)20-13/h3-4,7-9,13H,5-6,10H2,1-2H3,(H,19,22)(H,20,25). The average molecular weight is 393 g/mol. The lowest BCUT2D eigenvalue weighted by molar-refractivity contribution is -0.117. The Hall–Kier alpha value is -2.26. The minimum absolute atomic E-state index is 0.100. The molecule has 3 rings (SSSR count). The van der Waals surface area contributed by atoms with Crippen LogP contribution in [-0.2, 0) is 17.8 Å². The van der Waals surface area contributed by atoms with Gasteiger partial charge in [0.25, 0.3) is 0 Å². The number of amides is 1. The number of nitrogens with zero attached hydrogens (tertiary/aromatic N) is 2. The molecule has 0 aliphatic carbocycles. The van der Waals surface area contributed by atoms with E-state index >= 15 is 0 Å². The smallest absolute Gasteiger partial charge is 0.247 e. The number of nitrogens with one attached hydrogen (secondary N) is 2. The van der Waals surface area contributed by atoms with Crippen molar-refractivity contribution in [3.8, 4) is 11.5 Å². The Kier molecular flexibility index (Phi) is 6.00. The Morgan fingerprint density at radius 1 is 1.42 bits per heavy atom. The molecule has 0 spiro atoms. The van der Waals surface area contributed by atoms with Crippen LogP contribution in [0.25, 0.3) is 0 Å². The van der Waals surface area contributed by atoms with Crippen LogP contribution in [0.2, 0.25) is 0 Å². The number of thioether (sulfide) groups is 1. The van der Waals surface area contributed by atoms with Crippen molar-refractivity contribution < 1.29 is 14.3 Å². The van der Waals surface area contributed by atoms with Crippen LogP contribution in [0.3, 0.4) is 0 Å². The van der Waals surface area contributed by atoms with Gasteiger partial charge in [0.1, 0.15) is 10.4 Å². The molecular formula is C17H20N4O3S2. The molecule has 9 heteroatoms. The number of carbonyl (C=O) groups excluding carboxylic acids is 1. The van der Waals surface area contributed by atoms with Crippen molar-refractivity contribution >= 4 is 39.9 Å². The lowest BCUT2D eigenvalue weighted by atomic mass is 10.1. The first-order valence-electron chi connectivity index (χ1n) is 8.06. The molecule has 0 radical (unpaired) electrons. The number of benzene rings is 1. The SMILES string of the molecule is COc1ccc(CCn2cc(NC(=O)C3CSC(=S)N3)cn2)cc1OC. The van der Waals surface area contributed by atoms with Gasteiger partial charge in [0, 0.05) is 18.5 Å². The number of aromatic nitrogens is 2. The highest BCUT2D eigenvalue weighted by atomic mass is 32.2. The first-order chi connectivity index (χ1) is 12.6. The number of aryl methyl sites for hydroxylation is 2. The van der Waals surface area contributed by atoms with Crippen LogP contribution < -0.4 is 20.1 Å². The molecule has 1 amide bonds. The molecule has 1 aliphatic heterocycles. The van der Waals surface area contributed by atoms with E-state index in [-0.39, 0.29) is 11.9 Å². The fourth-order valence-electron chi connectivity index (χ4n) is 2.59. The predicted octanol–water partition coefficient (Wildman–Crippen LogP) is 2.07. The van der Waals surface area contributed by atoms with Gasteiger partial charge in [-0.3, -0.25) is 9.48 Å². The van der Waals surface area contributed by atoms with Crippen LogP contribution in [-0.4, -0.2) is 46.0 Å². The van der Waals surface area contributed by atoms with Gasteiger partial charge in [-0.1, -0.05) is 30.0 Å². The molecule has 2 heterocycles. The van der Waals surface area contributed by atoms with Gasteiger partial charge in [0.2, 0.25) is 5.91 Å². The van der Waals surface area contributed by atoms with Crippen LogP contribution >= 0.6 is 24.0 Å². The molecule has 138 valence electrons. The minimum atomic E-state index is -0.289. The van der Waals surface area contributed by atoms with Crippen molar-refractivity contribution in [3.63, 3.8) is 0 Å². The molecule has 1 saturated heterocycles. The number of hydrogen-bond donors (Lipinski definition) is 2. The summed E-state index contributed by atoms with van der Waals surface area (Å²) in [6.45, 7) is 0.687. The largest absolute Gasteiger partial charge is 0.493 e. The highest BCUT2D eigenvalue weighted by Gasteiger charge is 2.25. The van der Waals surface area contributed by atoms with E-state index in [9.17, 15) is 4.79 Å². The van der Waals surface area contributed by atoms with Crippen molar-refractivity contribution in [2.45, 2.75) is 19.0 Å². The lowest BCUT2D eigenvalue weighted by Crippen LogP contribution is -2.38. The molecule has 1 aromatic heterocycles. The third kappa shape index (κ3) is 4.47. The molecule has 1 aliphatic rings. The van der Waals surface area contributed by atoms with Crippen LogP contribution in [0, 0.1) is 0 Å². The number of rotatable bonds is 7. The summed E-state index contributed by atoms with van der Waals surface area (Å²) >= 11 is 6.52. The Balaban J connectivity index is 1.55. The molecule has 1 atom stereocenters. The molecule has 0 bridgehead atoms. The summed E-state index contributed by atoms with van der Waals surface area (Å²) in [5.41, 5.74) is 1.79. The van der Waals surface area contributed by atoms with Crippen molar-refractivity contribution in [2.75, 3.05) is 25.3 Å². The zero-order valence-corrected chi connectivity index (χ0v) is 16.2. The molecule has 1 unspecified atom stereocenters. The van der Waals surface area contributed by atoms with Gasteiger partial charge >= 0.3 is 0 Å². The Labute approximate surface area is 161 Å². The first-order valence-corrected chi connectivity index (χ1v) is 9.46. The maximum atomic E-state index is 12.2. The van der Waals surface area contributed by atoms with E-state index in [0.29, 0.717) is 33.8 Å². The second-order valence-electron chi connectivity index (χ2n) is 5.72. The number of anilines is 1. The van der Waals surface area contributed by atoms with Gasteiger partial charge in [-0.2, -0.15) is 5.10 Å². The normalized spacial score (nSPS) is 16.2. The fraction of sp³-hybridized carbons (Fsp3) is 0.353. The van der Waals surface area contributed by atoms with Gasteiger partial charge in [-0.15, -0.1) is 0 Å². The third-order valence-corrected chi connectivity index (χ3v) is 5.32. The second kappa shape index (κ2) is 8.41. The zero-order valence-electron chi connectivity index (χ0n) is 14.5. The van der Waals surface area contributed by atoms with Gasteiger partial charge in [0.15, 0.2) is 11.5 Å². The van der Waals surface area contributed by atoms with Crippen LogP contribution in [0.15, 0.2) is 30.6 Å². The molecule has 1 aromatic carbocycles. The molecule has 7 nitrogen and oxygen atoms in total. The first kappa shape index (κ1) is 18.5. The van der Waals surface area contributed by atoms with E-state index < -0.39 is 0 Å². The molecule has 26 heavy (non-hydrogen) atoms. The molecule has 2 N–H and O–H groups in total. The van der Waals surface area contributed by atoms with Gasteiger partial charge in [-0.05, 0) is 24.1 Å². The molecule has 0 saturated carbocycles. The van der Waals surface area contributed by atoms with E-state index in [0.717, 1.165) is 12.0 Å². The summed E-state index contributed by atoms with van der Waals surface area (Å²) in [5, 5.41) is 10.1. The summed E-state index contributed by atoms with van der Waals surface area (Å²) in [6.07, 6.45) is 4.25. The monoisotopic (exact) mass is 392 g/mol. The topological polar surface area (TPSA) is 77.4 Å². The van der Waals surface area contributed by atoms with Crippen molar-refractivity contribution in [3.05, 3.63) is 36.2 Å². The maximum absolute atomic E-state index is 12.2. The van der Waals surface area contributed by atoms with Crippen molar-refractivity contribution in [1.29, 1.82) is 0 Å². The lowest BCUT2D eigenvalue weighted by Gasteiger charge is -2.10. The number of thiocarbonyl (C=S) groups is 1. The summed E-state index contributed by atoms with van der Waals surface area (Å²) in [7, 11) is 3.24. The summed E-state index contributed by atoms with van der Waals surface area (Å²) in [4.78, 5) is 12.2. The average Bonchev–Trinajstić information content (AvgIpc) is 3.28. The fourth-order valence-corrected chi connectivity index (χ4v) is 3.71. The van der Waals surface area contributed by atoms with Crippen LogP contribution in [0.4, 0.5) is 5.69 Å². The zero-order chi connectivity index (χ0) is 18.5. The second-order valence-corrected chi connectivity index (χ2v) is 7.41. The van der Waals surface area contributed by atoms with E-state index in [1.54, 1.807) is 25.1 Å². The van der Waals surface area contributed by atoms with Gasteiger partial charge < -0.3 is 20.1 Å². The highest BCUT2D eigenvalue weighted by molar-refractivity contribution is 8.23. The third-order valence-electron chi connectivity index (χ3n) is 3.97. The summed E-state index contributed by atoms with van der Waals surface area (Å²) < 4.78 is 13.0. The highest BCUT2D eigenvalue weighted by Crippen LogP contribution is 2.27.